The van der Waals surface area contributed by atoms with Gasteiger partial charge in [-0.2, -0.15) is 0 Å². The van der Waals surface area contributed by atoms with Crippen molar-refractivity contribution in [2.24, 2.45) is 0 Å². The van der Waals surface area contributed by atoms with Gasteiger partial charge in [0, 0.05) is 21.5 Å². The number of hydrogen-bond acceptors (Lipinski definition) is 0. The fourth-order valence-electron chi connectivity index (χ4n) is 7.47. The van der Waals surface area contributed by atoms with Gasteiger partial charge in [-0.3, -0.25) is 0 Å². The van der Waals surface area contributed by atoms with Crippen LogP contribution in [0.4, 0.5) is 0 Å². The second kappa shape index (κ2) is 9.94. The zero-order valence-corrected chi connectivity index (χ0v) is 26.9. The molecule has 46 heavy (non-hydrogen) atoms. The lowest BCUT2D eigenvalue weighted by Crippen LogP contribution is -2.10. The van der Waals surface area contributed by atoms with Crippen LogP contribution in [0.1, 0.15) is 26.3 Å². The van der Waals surface area contributed by atoms with Crippen molar-refractivity contribution in [1.29, 1.82) is 0 Å². The van der Waals surface area contributed by atoms with E-state index in [4.69, 9.17) is 11.6 Å². The third-order valence-corrected chi connectivity index (χ3v) is 9.98. The first-order valence-electron chi connectivity index (χ1n) is 16.0. The van der Waals surface area contributed by atoms with Crippen LogP contribution in [0.5, 0.6) is 0 Å². The number of hydrogen-bond donors (Lipinski definition) is 0. The lowest BCUT2D eigenvalue weighted by Gasteiger charge is -2.23. The number of fused-ring (bicyclic) bond motifs is 3. The summed E-state index contributed by atoms with van der Waals surface area (Å²) in [5.41, 5.74) is 9.82. The van der Waals surface area contributed by atoms with E-state index < -0.39 is 0 Å². The maximum atomic E-state index is 6.37. The second-order valence-electron chi connectivity index (χ2n) is 13.5. The van der Waals surface area contributed by atoms with Crippen molar-refractivity contribution >= 4 is 65.7 Å². The number of nitrogens with zero attached hydrogens (tertiary/aromatic N) is 1. The first-order chi connectivity index (χ1) is 22.3. The molecule has 9 rings (SSSR count). The Morgan fingerprint density at radius 3 is 1.67 bits per heavy atom. The van der Waals surface area contributed by atoms with Crippen molar-refractivity contribution in [3.05, 3.63) is 150 Å². The van der Waals surface area contributed by atoms with Crippen molar-refractivity contribution in [3.8, 4) is 27.9 Å². The molecule has 0 aliphatic heterocycles. The standard InChI is InChI=1S/C44H32ClN/c1-44(2,3)31-23-29-17-21-36-38(27-15-19-32(45)20-16-27)26-39(37-22-18-30(24-31)42(29)43(36)37)28-9-8-10-33(25-28)46-40-13-6-4-11-34(40)35-12-5-7-14-41(35)46/h4-26H,1-3H3. The van der Waals surface area contributed by atoms with Crippen molar-refractivity contribution in [1.82, 2.24) is 4.57 Å². The van der Waals surface area contributed by atoms with E-state index in [0.29, 0.717) is 0 Å². The van der Waals surface area contributed by atoms with Gasteiger partial charge in [0.1, 0.15) is 0 Å². The lowest BCUT2D eigenvalue weighted by atomic mass is 9.81. The van der Waals surface area contributed by atoms with E-state index in [0.717, 1.165) is 16.3 Å². The normalized spacial score (nSPS) is 12.3. The highest BCUT2D eigenvalue weighted by Gasteiger charge is 2.21. The summed E-state index contributed by atoms with van der Waals surface area (Å²) in [7, 11) is 0. The number of halogens is 1. The predicted octanol–water partition coefficient (Wildman–Crippen LogP) is 13.0. The molecule has 0 unspecified atom stereocenters. The van der Waals surface area contributed by atoms with Crippen LogP contribution < -0.4 is 0 Å². The Balaban J connectivity index is 1.36. The second-order valence-corrected chi connectivity index (χ2v) is 14.0. The van der Waals surface area contributed by atoms with Crippen LogP contribution >= 0.6 is 11.6 Å². The third-order valence-electron chi connectivity index (χ3n) is 9.73. The van der Waals surface area contributed by atoms with E-state index >= 15 is 0 Å². The Morgan fingerprint density at radius 2 is 1.07 bits per heavy atom. The van der Waals surface area contributed by atoms with Crippen LogP contribution in [0.2, 0.25) is 5.02 Å². The molecule has 0 aliphatic carbocycles. The average Bonchev–Trinajstić information content (AvgIpc) is 3.41. The Kier molecular flexibility index (Phi) is 5.88. The third kappa shape index (κ3) is 4.09. The quantitative estimate of drug-likeness (QED) is 0.176. The first-order valence-corrected chi connectivity index (χ1v) is 16.3. The molecule has 0 bridgehead atoms. The van der Waals surface area contributed by atoms with Gasteiger partial charge in [-0.15, -0.1) is 0 Å². The largest absolute Gasteiger partial charge is 0.309 e. The van der Waals surface area contributed by atoms with Gasteiger partial charge < -0.3 is 4.57 Å². The molecule has 0 atom stereocenters. The first kappa shape index (κ1) is 27.2. The molecule has 1 heterocycles. The summed E-state index contributed by atoms with van der Waals surface area (Å²) >= 11 is 6.37. The van der Waals surface area contributed by atoms with Crippen molar-refractivity contribution in [2.75, 3.05) is 0 Å². The van der Waals surface area contributed by atoms with Gasteiger partial charge in [0.15, 0.2) is 0 Å². The van der Waals surface area contributed by atoms with Crippen LogP contribution in [0.3, 0.4) is 0 Å². The van der Waals surface area contributed by atoms with E-state index in [1.165, 1.54) is 76.4 Å². The van der Waals surface area contributed by atoms with Gasteiger partial charge >= 0.3 is 0 Å². The minimum atomic E-state index is 0.0668. The molecular formula is C44H32ClN. The molecule has 0 N–H and O–H groups in total. The van der Waals surface area contributed by atoms with Crippen molar-refractivity contribution < 1.29 is 0 Å². The van der Waals surface area contributed by atoms with Gasteiger partial charge in [0.25, 0.3) is 0 Å². The van der Waals surface area contributed by atoms with Gasteiger partial charge in [-0.1, -0.05) is 129 Å². The van der Waals surface area contributed by atoms with Gasteiger partial charge in [-0.05, 0) is 108 Å². The highest BCUT2D eigenvalue weighted by molar-refractivity contribution is 6.31. The summed E-state index contributed by atoms with van der Waals surface area (Å²) in [6.07, 6.45) is 0. The summed E-state index contributed by atoms with van der Waals surface area (Å²) < 4.78 is 2.40. The minimum absolute atomic E-state index is 0.0668. The topological polar surface area (TPSA) is 4.93 Å². The van der Waals surface area contributed by atoms with Crippen LogP contribution in [0, 0.1) is 0 Å². The highest BCUT2D eigenvalue weighted by Crippen LogP contribution is 2.45. The molecule has 220 valence electrons. The van der Waals surface area contributed by atoms with E-state index in [2.05, 4.69) is 153 Å². The summed E-state index contributed by atoms with van der Waals surface area (Å²) in [4.78, 5) is 0. The molecule has 0 aliphatic rings. The maximum Gasteiger partial charge on any atom is 0.0541 e. The molecule has 9 aromatic rings. The summed E-state index contributed by atoms with van der Waals surface area (Å²) in [5, 5.41) is 11.1. The molecular weight excluding hydrogens is 578 g/mol. The smallest absolute Gasteiger partial charge is 0.0541 e. The molecule has 1 nitrogen and oxygen atoms in total. The van der Waals surface area contributed by atoms with E-state index in [9.17, 15) is 0 Å². The molecule has 0 spiro atoms. The SMILES string of the molecule is CC(C)(C)c1cc2ccc3c(-c4ccc(Cl)cc4)cc(-c4cccc(-n5c6ccccc6c6ccccc65)c4)c4ccc(c1)c2c34. The minimum Gasteiger partial charge on any atom is -0.309 e. The molecule has 8 aromatic carbocycles. The molecule has 1 aromatic heterocycles. The van der Waals surface area contributed by atoms with Crippen molar-refractivity contribution in [3.63, 3.8) is 0 Å². The summed E-state index contributed by atoms with van der Waals surface area (Å²) in [6, 6.07) is 51.2. The lowest BCUT2D eigenvalue weighted by molar-refractivity contribution is 0.591. The molecule has 0 saturated carbocycles. The Bertz CT molecular complexity index is 2540. The van der Waals surface area contributed by atoms with Crippen molar-refractivity contribution in [2.45, 2.75) is 26.2 Å². The van der Waals surface area contributed by atoms with Gasteiger partial charge in [0.2, 0.25) is 0 Å². The zero-order valence-electron chi connectivity index (χ0n) is 26.1. The van der Waals surface area contributed by atoms with Crippen LogP contribution in [0.15, 0.2) is 140 Å². The number of rotatable bonds is 3. The van der Waals surface area contributed by atoms with E-state index in [1.807, 2.05) is 12.1 Å². The van der Waals surface area contributed by atoms with Crippen LogP contribution in [0.25, 0.3) is 82.1 Å². The summed E-state index contributed by atoms with van der Waals surface area (Å²) in [6.45, 7) is 6.88. The maximum absolute atomic E-state index is 6.37. The van der Waals surface area contributed by atoms with Crippen LogP contribution in [-0.4, -0.2) is 4.57 Å². The van der Waals surface area contributed by atoms with Gasteiger partial charge in [0.05, 0.1) is 11.0 Å². The predicted molar refractivity (Wildman–Crippen MR) is 199 cm³/mol. The summed E-state index contributed by atoms with van der Waals surface area (Å²) in [5.74, 6) is 0. The van der Waals surface area contributed by atoms with Gasteiger partial charge in [-0.25, -0.2) is 0 Å². The molecule has 0 amide bonds. The fourth-order valence-corrected chi connectivity index (χ4v) is 7.59. The van der Waals surface area contributed by atoms with E-state index in [1.54, 1.807) is 0 Å². The molecule has 0 radical (unpaired) electrons. The zero-order chi connectivity index (χ0) is 31.2. The molecule has 0 fully saturated rings. The monoisotopic (exact) mass is 609 g/mol. The Hall–Kier alpha value is -5.11. The number of para-hydroxylation sites is 2. The number of benzene rings is 8. The highest BCUT2D eigenvalue weighted by atomic mass is 35.5. The molecule has 0 saturated heterocycles. The average molecular weight is 610 g/mol. The molecule has 2 heteroatoms. The Morgan fingerprint density at radius 1 is 0.478 bits per heavy atom. The van der Waals surface area contributed by atoms with E-state index in [-0.39, 0.29) is 5.41 Å². The Labute approximate surface area is 273 Å². The number of aromatic nitrogens is 1. The van der Waals surface area contributed by atoms with Crippen LogP contribution in [-0.2, 0) is 5.41 Å². The fraction of sp³-hybridized carbons (Fsp3) is 0.0909.